The molecule has 0 N–H and O–H groups in total. The Morgan fingerprint density at radius 2 is 0.655 bits per heavy atom. The molecule has 0 fully saturated rings. The van der Waals surface area contributed by atoms with E-state index in [9.17, 15) is 0 Å². The summed E-state index contributed by atoms with van der Waals surface area (Å²) in [5, 5.41) is 21.1. The molecule has 0 bridgehead atoms. The van der Waals surface area contributed by atoms with Gasteiger partial charge in [-0.25, -0.2) is 15.0 Å². The Kier molecular flexibility index (Phi) is 7.77. The summed E-state index contributed by atoms with van der Waals surface area (Å²) in [6, 6.07) is 48.8. The lowest BCUT2D eigenvalue weighted by Gasteiger charge is -2.21. The van der Waals surface area contributed by atoms with Gasteiger partial charge in [-0.3, -0.25) is 0 Å². The van der Waals surface area contributed by atoms with Gasteiger partial charge in [0.2, 0.25) is 0 Å². The first-order valence-corrected chi connectivity index (χ1v) is 20.9. The van der Waals surface area contributed by atoms with E-state index in [4.69, 9.17) is 15.0 Å². The van der Waals surface area contributed by atoms with Crippen LogP contribution < -0.4 is 0 Å². The Bertz CT molecular complexity index is 2900. The SMILES string of the molecule is CC1(C)c2ccccc2-c2ccc(-c3cccc(-c4nnc(-c5cccc(-c6nnc(-c7cccc(-c8ccc9c(c8)C(C)(C)c8ccccc8-9)n7)s6)n5)s4)n3)cc21. The van der Waals surface area contributed by atoms with Crippen molar-refractivity contribution in [2.24, 2.45) is 0 Å². The van der Waals surface area contributed by atoms with Crippen molar-refractivity contribution in [3.8, 4) is 87.6 Å². The first kappa shape index (κ1) is 34.7. The lowest BCUT2D eigenvalue weighted by atomic mass is 9.82. The van der Waals surface area contributed by atoms with Gasteiger partial charge in [-0.2, -0.15) is 0 Å². The molecular weight excluding hydrogens is 751 g/mol. The van der Waals surface area contributed by atoms with Crippen LogP contribution >= 0.6 is 22.7 Å². The van der Waals surface area contributed by atoms with E-state index in [1.165, 1.54) is 67.2 Å². The van der Waals surface area contributed by atoms with Gasteiger partial charge in [-0.15, -0.1) is 20.4 Å². The van der Waals surface area contributed by atoms with E-state index in [1.54, 1.807) is 0 Å². The third-order valence-corrected chi connectivity index (χ3v) is 13.7. The highest BCUT2D eigenvalue weighted by Gasteiger charge is 2.36. The lowest BCUT2D eigenvalue weighted by Crippen LogP contribution is -2.14. The maximum atomic E-state index is 5.06. The smallest absolute Gasteiger partial charge is 0.166 e. The molecule has 7 nitrogen and oxygen atoms in total. The van der Waals surface area contributed by atoms with Gasteiger partial charge in [0, 0.05) is 22.0 Å². The Morgan fingerprint density at radius 1 is 0.328 bits per heavy atom. The summed E-state index contributed by atoms with van der Waals surface area (Å²) in [6.07, 6.45) is 0. The van der Waals surface area contributed by atoms with Crippen molar-refractivity contribution in [3.63, 3.8) is 0 Å². The average Bonchev–Trinajstić information content (AvgIpc) is 4.06. The number of benzene rings is 4. The van der Waals surface area contributed by atoms with Crippen LogP contribution in [0.2, 0.25) is 0 Å². The first-order chi connectivity index (χ1) is 28.2. The van der Waals surface area contributed by atoms with Gasteiger partial charge in [-0.05, 0) is 93.0 Å². The van der Waals surface area contributed by atoms with Crippen molar-refractivity contribution in [2.75, 3.05) is 0 Å². The van der Waals surface area contributed by atoms with Gasteiger partial charge >= 0.3 is 0 Å². The van der Waals surface area contributed by atoms with Crippen molar-refractivity contribution in [1.29, 1.82) is 0 Å². The van der Waals surface area contributed by atoms with Crippen LogP contribution in [-0.4, -0.2) is 35.3 Å². The van der Waals surface area contributed by atoms with Crippen LogP contribution in [0, 0.1) is 0 Å². The number of hydrogen-bond donors (Lipinski definition) is 0. The summed E-state index contributed by atoms with van der Waals surface area (Å²) in [7, 11) is 0. The standard InChI is InChI=1S/C49H35N7S2/c1-48(2)34-14-7-5-12-30(34)32-24-22-28(26-36(32)48)38-16-9-18-40(50-38)44-53-55-46(57-44)42-20-11-21-43(52-42)47-56-54-45(58-47)41-19-10-17-39(51-41)29-23-25-33-31-13-6-8-15-35(31)49(3,4)37(33)27-29/h5-27H,1-4H3. The Labute approximate surface area is 344 Å². The summed E-state index contributed by atoms with van der Waals surface area (Å²) in [4.78, 5) is 15.1. The molecule has 11 rings (SSSR count). The molecular formula is C49H35N7S2. The Hall–Kier alpha value is -6.55. The monoisotopic (exact) mass is 785 g/mol. The fourth-order valence-corrected chi connectivity index (χ4v) is 10.3. The fourth-order valence-electron chi connectivity index (χ4n) is 8.69. The molecule has 0 atom stereocenters. The molecule has 2 aliphatic rings. The molecule has 5 heterocycles. The van der Waals surface area contributed by atoms with Crippen molar-refractivity contribution in [2.45, 2.75) is 38.5 Å². The normalized spacial score (nSPS) is 14.1. The van der Waals surface area contributed by atoms with Crippen LogP contribution in [0.15, 0.2) is 140 Å². The fraction of sp³-hybridized carbons (Fsp3) is 0.122. The van der Waals surface area contributed by atoms with Crippen LogP contribution in [0.4, 0.5) is 0 Å². The van der Waals surface area contributed by atoms with Gasteiger partial charge in [-0.1, -0.05) is 141 Å². The van der Waals surface area contributed by atoms with Crippen molar-refractivity contribution >= 4 is 22.7 Å². The summed E-state index contributed by atoms with van der Waals surface area (Å²) in [5.74, 6) is 0. The van der Waals surface area contributed by atoms with Crippen LogP contribution in [0.5, 0.6) is 0 Å². The third kappa shape index (κ3) is 5.49. The van der Waals surface area contributed by atoms with Crippen LogP contribution in [-0.2, 0) is 10.8 Å². The molecule has 0 saturated carbocycles. The van der Waals surface area contributed by atoms with E-state index in [0.717, 1.165) is 55.3 Å². The van der Waals surface area contributed by atoms with E-state index >= 15 is 0 Å². The minimum absolute atomic E-state index is 0.0810. The van der Waals surface area contributed by atoms with Crippen molar-refractivity contribution < 1.29 is 0 Å². The number of hydrogen-bond acceptors (Lipinski definition) is 9. The largest absolute Gasteiger partial charge is 0.245 e. The molecule has 0 aliphatic heterocycles. The summed E-state index contributed by atoms with van der Waals surface area (Å²) in [6.45, 7) is 9.19. The quantitative estimate of drug-likeness (QED) is 0.166. The van der Waals surface area contributed by atoms with E-state index in [2.05, 4.69) is 145 Å². The predicted octanol–water partition coefficient (Wildman–Crippen LogP) is 12.2. The van der Waals surface area contributed by atoms with Gasteiger partial charge in [0.1, 0.15) is 22.8 Å². The number of pyridine rings is 3. The predicted molar refractivity (Wildman–Crippen MR) is 235 cm³/mol. The molecule has 9 heteroatoms. The molecule has 278 valence electrons. The van der Waals surface area contributed by atoms with Crippen LogP contribution in [0.25, 0.3) is 87.6 Å². The number of rotatable bonds is 6. The molecule has 4 aromatic carbocycles. The zero-order valence-corrected chi connectivity index (χ0v) is 33.9. The molecule has 5 aromatic heterocycles. The third-order valence-electron chi connectivity index (χ3n) is 11.7. The number of aromatic nitrogens is 7. The summed E-state index contributed by atoms with van der Waals surface area (Å²) < 4.78 is 0. The first-order valence-electron chi connectivity index (χ1n) is 19.3. The highest BCUT2D eigenvalue weighted by Crippen LogP contribution is 2.51. The second kappa shape index (κ2) is 13.0. The van der Waals surface area contributed by atoms with Gasteiger partial charge in [0.25, 0.3) is 0 Å². The molecule has 9 aromatic rings. The highest BCUT2D eigenvalue weighted by atomic mass is 32.1. The topological polar surface area (TPSA) is 90.2 Å². The maximum absolute atomic E-state index is 5.06. The van der Waals surface area contributed by atoms with E-state index < -0.39 is 0 Å². The van der Waals surface area contributed by atoms with Gasteiger partial charge in [0.15, 0.2) is 20.0 Å². The maximum Gasteiger partial charge on any atom is 0.166 e. The van der Waals surface area contributed by atoms with Gasteiger partial charge in [0.05, 0.1) is 11.4 Å². The summed E-state index contributed by atoms with van der Waals surface area (Å²) >= 11 is 2.95. The minimum atomic E-state index is -0.0810. The average molecular weight is 786 g/mol. The van der Waals surface area contributed by atoms with Gasteiger partial charge < -0.3 is 0 Å². The lowest BCUT2D eigenvalue weighted by molar-refractivity contribution is 0.660. The highest BCUT2D eigenvalue weighted by molar-refractivity contribution is 7.18. The molecule has 0 radical (unpaired) electrons. The Morgan fingerprint density at radius 3 is 1.05 bits per heavy atom. The molecule has 0 saturated heterocycles. The zero-order chi connectivity index (χ0) is 39.2. The van der Waals surface area contributed by atoms with Crippen LogP contribution in [0.3, 0.4) is 0 Å². The summed E-state index contributed by atoms with van der Waals surface area (Å²) in [5.41, 5.74) is 17.4. The molecule has 0 unspecified atom stereocenters. The van der Waals surface area contributed by atoms with Crippen LogP contribution in [0.1, 0.15) is 49.9 Å². The molecule has 0 amide bonds. The molecule has 0 spiro atoms. The Balaban J connectivity index is 0.843. The second-order valence-electron chi connectivity index (χ2n) is 15.9. The molecule has 2 aliphatic carbocycles. The van der Waals surface area contributed by atoms with E-state index in [0.29, 0.717) is 10.0 Å². The zero-order valence-electron chi connectivity index (χ0n) is 32.2. The number of nitrogens with zero attached hydrogens (tertiary/aromatic N) is 7. The second-order valence-corrected chi connectivity index (χ2v) is 17.9. The van der Waals surface area contributed by atoms with Crippen molar-refractivity contribution in [1.82, 2.24) is 35.3 Å². The van der Waals surface area contributed by atoms with Crippen molar-refractivity contribution in [3.05, 3.63) is 162 Å². The number of fused-ring (bicyclic) bond motifs is 6. The minimum Gasteiger partial charge on any atom is -0.245 e. The molecule has 58 heavy (non-hydrogen) atoms. The van der Waals surface area contributed by atoms with E-state index in [-0.39, 0.29) is 10.8 Å². The van der Waals surface area contributed by atoms with E-state index in [1.807, 2.05) is 42.5 Å².